The highest BCUT2D eigenvalue weighted by Gasteiger charge is 2.61. The summed E-state index contributed by atoms with van der Waals surface area (Å²) in [6.45, 7) is 3.42. The lowest BCUT2D eigenvalue weighted by atomic mass is 9.85. The smallest absolute Gasteiger partial charge is 0.354 e. The van der Waals surface area contributed by atoms with E-state index in [1.54, 1.807) is 0 Å². The van der Waals surface area contributed by atoms with E-state index in [2.05, 4.69) is 10.6 Å². The van der Waals surface area contributed by atoms with Crippen LogP contribution in [0, 0.1) is 5.41 Å². The van der Waals surface area contributed by atoms with Gasteiger partial charge in [0.25, 0.3) is 0 Å². The van der Waals surface area contributed by atoms with Crippen LogP contribution in [-0.4, -0.2) is 56.8 Å². The van der Waals surface area contributed by atoms with Crippen molar-refractivity contribution in [1.29, 1.82) is 0 Å². The Morgan fingerprint density at radius 1 is 1.50 bits per heavy atom. The zero-order chi connectivity index (χ0) is 13.8. The molecule has 1 rings (SSSR count). The average molecular weight is 267 g/mol. The van der Waals surface area contributed by atoms with Crippen LogP contribution in [0.15, 0.2) is 0 Å². The molecule has 0 spiro atoms. The van der Waals surface area contributed by atoms with Gasteiger partial charge in [0.05, 0.1) is 0 Å². The number of hydrogen-bond acceptors (Lipinski definition) is 3. The van der Waals surface area contributed by atoms with E-state index in [4.69, 9.17) is 0 Å². The molecule has 0 bridgehead atoms. The van der Waals surface area contributed by atoms with Crippen molar-refractivity contribution in [2.75, 3.05) is 39.8 Å². The number of amides is 1. The van der Waals surface area contributed by atoms with E-state index in [1.165, 1.54) is 0 Å². The molecule has 0 aromatic rings. The summed E-state index contributed by atoms with van der Waals surface area (Å²) in [7, 11) is 1.85. The third-order valence-electron chi connectivity index (χ3n) is 3.45. The largest absolute Gasteiger partial charge is 0.404 e. The second-order valence-electron chi connectivity index (χ2n) is 4.66. The van der Waals surface area contributed by atoms with Crippen LogP contribution in [0.25, 0.3) is 0 Å². The van der Waals surface area contributed by atoms with Gasteiger partial charge in [-0.25, -0.2) is 0 Å². The number of likely N-dealkylation sites (N-methyl/N-ethyl adjacent to an activating group) is 1. The molecule has 0 aromatic carbocycles. The highest BCUT2D eigenvalue weighted by atomic mass is 19.4. The molecule has 1 fully saturated rings. The Morgan fingerprint density at radius 3 is 2.61 bits per heavy atom. The number of carbonyl (C=O) groups excluding carboxylic acids is 1. The number of nitrogens with zero attached hydrogens (tertiary/aromatic N) is 1. The normalized spacial score (nSPS) is 24.6. The third kappa shape index (κ3) is 3.14. The maximum atomic E-state index is 13.0. The van der Waals surface area contributed by atoms with E-state index in [1.807, 2.05) is 18.9 Å². The molecule has 1 aliphatic heterocycles. The topological polar surface area (TPSA) is 44.4 Å². The summed E-state index contributed by atoms with van der Waals surface area (Å²) in [5.41, 5.74) is -2.25. The zero-order valence-electron chi connectivity index (χ0n) is 10.7. The molecule has 2 N–H and O–H groups in total. The number of nitrogens with one attached hydrogen (secondary N) is 2. The van der Waals surface area contributed by atoms with Crippen LogP contribution in [0.4, 0.5) is 13.2 Å². The second kappa shape index (κ2) is 5.88. The lowest BCUT2D eigenvalue weighted by Crippen LogP contribution is -2.53. The Bertz CT molecular complexity index is 288. The average Bonchev–Trinajstić information content (AvgIpc) is 2.78. The molecule has 18 heavy (non-hydrogen) atoms. The maximum Gasteiger partial charge on any atom is 0.404 e. The van der Waals surface area contributed by atoms with Crippen LogP contribution in [0.1, 0.15) is 13.3 Å². The Kier molecular flexibility index (Phi) is 4.98. The van der Waals surface area contributed by atoms with Gasteiger partial charge in [-0.05, 0) is 26.6 Å². The number of rotatable bonds is 5. The first-order valence-electron chi connectivity index (χ1n) is 6.08. The van der Waals surface area contributed by atoms with E-state index in [9.17, 15) is 18.0 Å². The van der Waals surface area contributed by atoms with Gasteiger partial charge in [0.1, 0.15) is 0 Å². The van der Waals surface area contributed by atoms with Crippen LogP contribution in [-0.2, 0) is 4.79 Å². The van der Waals surface area contributed by atoms with Crippen molar-refractivity contribution in [3.05, 3.63) is 0 Å². The van der Waals surface area contributed by atoms with Crippen LogP contribution >= 0.6 is 0 Å². The lowest BCUT2D eigenvalue weighted by Gasteiger charge is -2.29. The van der Waals surface area contributed by atoms with Gasteiger partial charge in [-0.1, -0.05) is 6.92 Å². The molecule has 106 valence electrons. The van der Waals surface area contributed by atoms with E-state index in [-0.39, 0.29) is 26.1 Å². The molecule has 1 unspecified atom stereocenters. The van der Waals surface area contributed by atoms with Gasteiger partial charge in [-0.3, -0.25) is 4.79 Å². The monoisotopic (exact) mass is 267 g/mol. The summed E-state index contributed by atoms with van der Waals surface area (Å²) in [4.78, 5) is 13.7. The number of alkyl halides is 3. The molecule has 1 saturated heterocycles. The Balaban J connectivity index is 2.57. The summed E-state index contributed by atoms with van der Waals surface area (Å²) in [5.74, 6) is -0.912. The summed E-state index contributed by atoms with van der Waals surface area (Å²) in [6.07, 6.45) is -4.69. The van der Waals surface area contributed by atoms with Crippen molar-refractivity contribution >= 4 is 5.91 Å². The highest BCUT2D eigenvalue weighted by Crippen LogP contribution is 2.43. The van der Waals surface area contributed by atoms with Gasteiger partial charge in [-0.15, -0.1) is 0 Å². The standard InChI is InChI=1S/C11H20F3N3O/c1-3-17(2)7-6-16-9(18)10(11(12,13)14)4-5-15-8-10/h15H,3-8H2,1-2H3,(H,16,18). The van der Waals surface area contributed by atoms with Gasteiger partial charge >= 0.3 is 6.18 Å². The van der Waals surface area contributed by atoms with Gasteiger partial charge in [0, 0.05) is 19.6 Å². The van der Waals surface area contributed by atoms with Gasteiger partial charge in [0.2, 0.25) is 5.91 Å². The highest BCUT2D eigenvalue weighted by molar-refractivity contribution is 5.84. The fraction of sp³-hybridized carbons (Fsp3) is 0.909. The lowest BCUT2D eigenvalue weighted by molar-refractivity contribution is -0.216. The van der Waals surface area contributed by atoms with Crippen molar-refractivity contribution < 1.29 is 18.0 Å². The summed E-state index contributed by atoms with van der Waals surface area (Å²) >= 11 is 0. The molecule has 7 heteroatoms. The SMILES string of the molecule is CCN(C)CCNC(=O)C1(C(F)(F)F)CCNC1. The predicted octanol–water partition coefficient (Wildman–Crippen LogP) is 0.596. The third-order valence-corrected chi connectivity index (χ3v) is 3.45. The van der Waals surface area contributed by atoms with Crippen molar-refractivity contribution in [2.24, 2.45) is 5.41 Å². The second-order valence-corrected chi connectivity index (χ2v) is 4.66. The Morgan fingerprint density at radius 2 is 2.17 bits per heavy atom. The minimum absolute atomic E-state index is 0.189. The molecule has 1 aliphatic rings. The van der Waals surface area contributed by atoms with Crippen LogP contribution in [0.2, 0.25) is 0 Å². The first-order chi connectivity index (χ1) is 8.33. The Hall–Kier alpha value is -0.820. The minimum Gasteiger partial charge on any atom is -0.354 e. The number of halogens is 3. The van der Waals surface area contributed by atoms with E-state index >= 15 is 0 Å². The van der Waals surface area contributed by atoms with Crippen molar-refractivity contribution in [3.63, 3.8) is 0 Å². The first kappa shape index (κ1) is 15.2. The zero-order valence-corrected chi connectivity index (χ0v) is 10.7. The molecule has 0 aliphatic carbocycles. The van der Waals surface area contributed by atoms with Gasteiger partial charge in [-0.2, -0.15) is 13.2 Å². The molecule has 1 atom stereocenters. The molecule has 0 radical (unpaired) electrons. The quantitative estimate of drug-likeness (QED) is 0.766. The first-order valence-corrected chi connectivity index (χ1v) is 6.08. The van der Waals surface area contributed by atoms with Crippen LogP contribution in [0.5, 0.6) is 0 Å². The van der Waals surface area contributed by atoms with Crippen LogP contribution in [0.3, 0.4) is 0 Å². The maximum absolute atomic E-state index is 13.0. The summed E-state index contributed by atoms with van der Waals surface area (Å²) < 4.78 is 39.0. The van der Waals surface area contributed by atoms with E-state index in [0.29, 0.717) is 6.54 Å². The van der Waals surface area contributed by atoms with Gasteiger partial charge in [0.15, 0.2) is 5.41 Å². The predicted molar refractivity (Wildman–Crippen MR) is 62.2 cm³/mol. The Labute approximate surface area is 105 Å². The minimum atomic E-state index is -4.50. The number of carbonyl (C=O) groups is 1. The van der Waals surface area contributed by atoms with Crippen molar-refractivity contribution in [1.82, 2.24) is 15.5 Å². The molecule has 1 heterocycles. The fourth-order valence-electron chi connectivity index (χ4n) is 1.94. The molecular formula is C11H20F3N3O. The van der Waals surface area contributed by atoms with E-state index in [0.717, 1.165) is 6.54 Å². The van der Waals surface area contributed by atoms with Crippen molar-refractivity contribution in [3.8, 4) is 0 Å². The molecule has 0 aromatic heterocycles. The van der Waals surface area contributed by atoms with Crippen molar-refractivity contribution in [2.45, 2.75) is 19.5 Å². The van der Waals surface area contributed by atoms with Gasteiger partial charge < -0.3 is 15.5 Å². The molecule has 4 nitrogen and oxygen atoms in total. The molecular weight excluding hydrogens is 247 g/mol. The molecule has 1 amide bonds. The van der Waals surface area contributed by atoms with E-state index < -0.39 is 17.5 Å². The summed E-state index contributed by atoms with van der Waals surface area (Å²) in [6, 6.07) is 0. The van der Waals surface area contributed by atoms with Crippen LogP contribution < -0.4 is 10.6 Å². The number of hydrogen-bond donors (Lipinski definition) is 2. The summed E-state index contributed by atoms with van der Waals surface area (Å²) in [5, 5.41) is 5.02. The molecule has 0 saturated carbocycles. The fourth-order valence-corrected chi connectivity index (χ4v) is 1.94.